The fourth-order valence-electron chi connectivity index (χ4n) is 7.54. The van der Waals surface area contributed by atoms with Gasteiger partial charge in [-0.3, -0.25) is 4.79 Å². The van der Waals surface area contributed by atoms with E-state index < -0.39 is 12.1 Å². The highest BCUT2D eigenvalue weighted by Gasteiger charge is 2.17. The molecule has 0 saturated carbocycles. The molecule has 0 aromatic heterocycles. The van der Waals surface area contributed by atoms with Crippen molar-refractivity contribution >= 4 is 5.91 Å². The fourth-order valence-corrected chi connectivity index (χ4v) is 7.54. The van der Waals surface area contributed by atoms with Gasteiger partial charge in [-0.15, -0.1) is 0 Å². The normalized spacial score (nSPS) is 13.2. The molecule has 4 heteroatoms. The zero-order chi connectivity index (χ0) is 40.0. The minimum atomic E-state index is -0.860. The summed E-state index contributed by atoms with van der Waals surface area (Å²) in [5.41, 5.74) is 0. The molecule has 55 heavy (non-hydrogen) atoms. The second kappa shape index (κ2) is 47.0. The molecule has 0 aliphatic rings. The van der Waals surface area contributed by atoms with Crippen molar-refractivity contribution in [2.24, 2.45) is 0 Å². The maximum absolute atomic E-state index is 12.4. The van der Waals surface area contributed by atoms with E-state index in [1.807, 2.05) is 6.08 Å². The van der Waals surface area contributed by atoms with Crippen LogP contribution in [0.3, 0.4) is 0 Å². The largest absolute Gasteiger partial charge is 0.394 e. The van der Waals surface area contributed by atoms with Gasteiger partial charge in [-0.1, -0.05) is 237 Å². The Hall–Kier alpha value is -1.39. The molecule has 0 spiro atoms. The number of allylic oxidation sites excluding steroid dienone is 5. The summed E-state index contributed by atoms with van der Waals surface area (Å²) in [7, 11) is 0. The lowest BCUT2D eigenvalue weighted by molar-refractivity contribution is -0.123. The molecule has 0 heterocycles. The highest BCUT2D eigenvalue weighted by molar-refractivity contribution is 5.76. The van der Waals surface area contributed by atoms with Crippen LogP contribution < -0.4 is 5.32 Å². The third-order valence-corrected chi connectivity index (χ3v) is 11.3. The van der Waals surface area contributed by atoms with E-state index in [-0.39, 0.29) is 12.5 Å². The second-order valence-electron chi connectivity index (χ2n) is 16.9. The Kier molecular flexibility index (Phi) is 45.8. The van der Waals surface area contributed by atoms with Crippen molar-refractivity contribution in [2.45, 2.75) is 276 Å². The summed E-state index contributed by atoms with van der Waals surface area (Å²) in [6, 6.07) is -0.637. The van der Waals surface area contributed by atoms with Crippen LogP contribution in [0.2, 0.25) is 0 Å². The number of rotatable bonds is 45. The summed E-state index contributed by atoms with van der Waals surface area (Å²) in [4.78, 5) is 12.4. The fraction of sp³-hybridized carbons (Fsp3) is 0.863. The predicted molar refractivity (Wildman–Crippen MR) is 244 cm³/mol. The van der Waals surface area contributed by atoms with Crippen molar-refractivity contribution in [3.05, 3.63) is 36.5 Å². The van der Waals surface area contributed by atoms with Crippen LogP contribution in [-0.2, 0) is 4.79 Å². The van der Waals surface area contributed by atoms with Gasteiger partial charge in [0.15, 0.2) is 0 Å². The zero-order valence-electron chi connectivity index (χ0n) is 37.2. The Labute approximate surface area is 344 Å². The first-order valence-electron chi connectivity index (χ1n) is 24.7. The van der Waals surface area contributed by atoms with Crippen molar-refractivity contribution in [3.8, 4) is 0 Å². The number of hydrogen-bond acceptors (Lipinski definition) is 3. The molecule has 0 bridgehead atoms. The molecule has 0 aliphatic carbocycles. The van der Waals surface area contributed by atoms with Crippen LogP contribution >= 0.6 is 0 Å². The number of carbonyl (C=O) groups is 1. The van der Waals surface area contributed by atoms with Crippen molar-refractivity contribution in [3.63, 3.8) is 0 Å². The number of nitrogens with one attached hydrogen (secondary N) is 1. The predicted octanol–water partition coefficient (Wildman–Crippen LogP) is 15.7. The van der Waals surface area contributed by atoms with E-state index in [4.69, 9.17) is 0 Å². The lowest BCUT2D eigenvalue weighted by atomic mass is 10.0. The Morgan fingerprint density at radius 2 is 0.709 bits per heavy atom. The summed E-state index contributed by atoms with van der Waals surface area (Å²) in [5, 5.41) is 23.0. The van der Waals surface area contributed by atoms with Gasteiger partial charge in [0.05, 0.1) is 18.8 Å². The Morgan fingerprint density at radius 3 is 1.05 bits per heavy atom. The molecule has 0 radical (unpaired) electrons. The lowest BCUT2D eigenvalue weighted by Crippen LogP contribution is -2.45. The second-order valence-corrected chi connectivity index (χ2v) is 16.9. The minimum Gasteiger partial charge on any atom is -0.394 e. The monoisotopic (exact) mass is 772 g/mol. The van der Waals surface area contributed by atoms with Gasteiger partial charge in [-0.25, -0.2) is 0 Å². The number of aliphatic hydroxyl groups excluding tert-OH is 2. The molecule has 0 fully saturated rings. The third kappa shape index (κ3) is 43.6. The smallest absolute Gasteiger partial charge is 0.220 e. The van der Waals surface area contributed by atoms with Crippen LogP contribution in [0, 0.1) is 0 Å². The summed E-state index contributed by atoms with van der Waals surface area (Å²) in [6.45, 7) is 4.31. The Balaban J connectivity index is 3.51. The number of amides is 1. The topological polar surface area (TPSA) is 69.6 Å². The van der Waals surface area contributed by atoms with Crippen LogP contribution in [0.4, 0.5) is 0 Å². The lowest BCUT2D eigenvalue weighted by Gasteiger charge is -2.19. The summed E-state index contributed by atoms with van der Waals surface area (Å²) in [5.74, 6) is -0.0724. The van der Waals surface area contributed by atoms with Crippen LogP contribution in [0.15, 0.2) is 36.5 Å². The number of carbonyl (C=O) groups excluding carboxylic acids is 1. The maximum Gasteiger partial charge on any atom is 0.220 e. The van der Waals surface area contributed by atoms with Gasteiger partial charge in [0, 0.05) is 6.42 Å². The summed E-state index contributed by atoms with van der Waals surface area (Å²) < 4.78 is 0. The molecule has 0 saturated heterocycles. The third-order valence-electron chi connectivity index (χ3n) is 11.3. The molecule has 2 atom stereocenters. The van der Waals surface area contributed by atoms with E-state index in [2.05, 4.69) is 43.5 Å². The molecule has 0 aliphatic heterocycles. The van der Waals surface area contributed by atoms with Crippen LogP contribution in [-0.4, -0.2) is 34.9 Å². The van der Waals surface area contributed by atoms with Crippen LogP contribution in [0.25, 0.3) is 0 Å². The first-order chi connectivity index (χ1) is 27.2. The van der Waals surface area contributed by atoms with Gasteiger partial charge in [0.2, 0.25) is 5.91 Å². The van der Waals surface area contributed by atoms with Gasteiger partial charge in [-0.05, 0) is 57.8 Å². The molecule has 0 aromatic rings. The summed E-state index contributed by atoms with van der Waals surface area (Å²) in [6.07, 6.45) is 62.8. The van der Waals surface area contributed by atoms with Crippen molar-refractivity contribution < 1.29 is 15.0 Å². The van der Waals surface area contributed by atoms with Crippen LogP contribution in [0.5, 0.6) is 0 Å². The van der Waals surface area contributed by atoms with E-state index in [0.717, 1.165) is 32.1 Å². The molecule has 2 unspecified atom stereocenters. The zero-order valence-corrected chi connectivity index (χ0v) is 37.2. The SMILES string of the molecule is CCCCCCCCCCC/C=C/CC/C=C/C(O)C(CO)NC(=O)CCCCCCCCCCCCCC/C=C\CCCCCCCCCCCCCC. The van der Waals surface area contributed by atoms with E-state index in [1.165, 1.54) is 212 Å². The van der Waals surface area contributed by atoms with E-state index in [1.54, 1.807) is 6.08 Å². The standard InChI is InChI=1S/C51H97NO3/c1-3-5-7-9-11-13-15-17-19-20-21-22-23-24-25-26-27-28-29-30-31-33-35-37-39-41-43-45-47-51(55)52-49(48-53)50(54)46-44-42-40-38-36-34-32-18-16-14-12-10-8-6-4-2/h24-25,36,38,44,46,49-50,53-54H,3-23,26-35,37,39-43,45,47-48H2,1-2H3,(H,52,55)/b25-24-,38-36+,46-44+. The number of aliphatic hydroxyl groups is 2. The van der Waals surface area contributed by atoms with E-state index in [9.17, 15) is 15.0 Å². The molecule has 0 aromatic carbocycles. The number of hydrogen-bond donors (Lipinski definition) is 3. The Morgan fingerprint density at radius 1 is 0.418 bits per heavy atom. The first-order valence-corrected chi connectivity index (χ1v) is 24.7. The molecule has 3 N–H and O–H groups in total. The summed E-state index contributed by atoms with van der Waals surface area (Å²) >= 11 is 0. The van der Waals surface area contributed by atoms with Gasteiger partial charge in [-0.2, -0.15) is 0 Å². The molecular weight excluding hydrogens is 675 g/mol. The first kappa shape index (κ1) is 53.6. The minimum absolute atomic E-state index is 0.0724. The highest BCUT2D eigenvalue weighted by atomic mass is 16.3. The van der Waals surface area contributed by atoms with E-state index in [0.29, 0.717) is 6.42 Å². The molecule has 4 nitrogen and oxygen atoms in total. The molecule has 1 amide bonds. The van der Waals surface area contributed by atoms with Crippen molar-refractivity contribution in [2.75, 3.05) is 6.61 Å². The van der Waals surface area contributed by atoms with Crippen molar-refractivity contribution in [1.29, 1.82) is 0 Å². The molecule has 0 rings (SSSR count). The average molecular weight is 772 g/mol. The number of unbranched alkanes of at least 4 members (excludes halogenated alkanes) is 34. The quantitative estimate of drug-likeness (QED) is 0.0426. The van der Waals surface area contributed by atoms with E-state index >= 15 is 0 Å². The van der Waals surface area contributed by atoms with Gasteiger partial charge >= 0.3 is 0 Å². The molecule has 324 valence electrons. The van der Waals surface area contributed by atoms with Crippen molar-refractivity contribution in [1.82, 2.24) is 5.32 Å². The molecular formula is C51H97NO3. The average Bonchev–Trinajstić information content (AvgIpc) is 3.19. The van der Waals surface area contributed by atoms with Gasteiger partial charge in [0.1, 0.15) is 0 Å². The van der Waals surface area contributed by atoms with Crippen LogP contribution in [0.1, 0.15) is 264 Å². The Bertz CT molecular complexity index is 836. The van der Waals surface area contributed by atoms with Gasteiger partial charge in [0.25, 0.3) is 0 Å². The highest BCUT2D eigenvalue weighted by Crippen LogP contribution is 2.15. The van der Waals surface area contributed by atoms with Gasteiger partial charge < -0.3 is 15.5 Å². The maximum atomic E-state index is 12.4.